The fourth-order valence-corrected chi connectivity index (χ4v) is 4.16. The van der Waals surface area contributed by atoms with Crippen LogP contribution in [0.4, 0.5) is 0 Å². The summed E-state index contributed by atoms with van der Waals surface area (Å²) in [7, 11) is 1.78. The van der Waals surface area contributed by atoms with E-state index in [0.717, 1.165) is 18.7 Å². The molecule has 0 aromatic heterocycles. The van der Waals surface area contributed by atoms with Gasteiger partial charge < -0.3 is 10.5 Å². The predicted molar refractivity (Wildman–Crippen MR) is 88.0 cm³/mol. The fourth-order valence-electron chi connectivity index (χ4n) is 3.46. The molecule has 0 bridgehead atoms. The highest BCUT2D eigenvalue weighted by Crippen LogP contribution is 2.44. The summed E-state index contributed by atoms with van der Waals surface area (Å²) in [5.74, 6) is 1.03. The number of hydrogen-bond acceptors (Lipinski definition) is 3. The highest BCUT2D eigenvalue weighted by Gasteiger charge is 2.35. The van der Waals surface area contributed by atoms with Crippen LogP contribution in [0.3, 0.4) is 0 Å². The van der Waals surface area contributed by atoms with Crippen molar-refractivity contribution in [2.75, 3.05) is 19.9 Å². The van der Waals surface area contributed by atoms with Gasteiger partial charge in [-0.05, 0) is 43.2 Å². The minimum atomic E-state index is 0.125. The van der Waals surface area contributed by atoms with Gasteiger partial charge in [-0.15, -0.1) is 11.8 Å². The Bertz CT molecular complexity index is 453. The summed E-state index contributed by atoms with van der Waals surface area (Å²) in [6, 6.07) is 4.58. The van der Waals surface area contributed by atoms with Gasteiger partial charge in [0.1, 0.15) is 5.75 Å². The first-order chi connectivity index (χ1) is 9.70. The third kappa shape index (κ3) is 2.84. The molecule has 0 radical (unpaired) electrons. The van der Waals surface area contributed by atoms with Crippen molar-refractivity contribution in [2.24, 2.45) is 5.73 Å². The summed E-state index contributed by atoms with van der Waals surface area (Å²) < 4.78 is 5.70. The van der Waals surface area contributed by atoms with Gasteiger partial charge in [0, 0.05) is 22.4 Å². The van der Waals surface area contributed by atoms with E-state index >= 15 is 0 Å². The Balaban J connectivity index is 2.52. The molecule has 0 saturated heterocycles. The quantitative estimate of drug-likeness (QED) is 0.829. The lowest BCUT2D eigenvalue weighted by atomic mass is 9.69. The molecule has 1 aromatic rings. The molecule has 0 aliphatic heterocycles. The largest absolute Gasteiger partial charge is 0.496 e. The normalized spacial score (nSPS) is 18.0. The van der Waals surface area contributed by atoms with Gasteiger partial charge in [-0.2, -0.15) is 0 Å². The summed E-state index contributed by atoms with van der Waals surface area (Å²) >= 11 is 1.83. The SMILES string of the molecule is CCc1cc(OC)c(C2(CN)CCCCC2)cc1SC. The molecule has 1 aliphatic rings. The van der Waals surface area contributed by atoms with Crippen LogP contribution in [0, 0.1) is 0 Å². The molecule has 2 N–H and O–H groups in total. The molecule has 0 atom stereocenters. The summed E-state index contributed by atoms with van der Waals surface area (Å²) in [5.41, 5.74) is 9.03. The summed E-state index contributed by atoms with van der Waals surface area (Å²) in [6.07, 6.45) is 9.49. The van der Waals surface area contributed by atoms with Crippen LogP contribution in [-0.2, 0) is 11.8 Å². The van der Waals surface area contributed by atoms with Crippen molar-refractivity contribution in [1.82, 2.24) is 0 Å². The zero-order chi connectivity index (χ0) is 14.6. The van der Waals surface area contributed by atoms with Crippen molar-refractivity contribution in [2.45, 2.75) is 55.8 Å². The van der Waals surface area contributed by atoms with Crippen molar-refractivity contribution in [3.8, 4) is 5.75 Å². The number of aryl methyl sites for hydroxylation is 1. The van der Waals surface area contributed by atoms with Gasteiger partial charge in [0.05, 0.1) is 7.11 Å². The monoisotopic (exact) mass is 293 g/mol. The molecular weight excluding hydrogens is 266 g/mol. The highest BCUT2D eigenvalue weighted by atomic mass is 32.2. The van der Waals surface area contributed by atoms with Gasteiger partial charge in [0.25, 0.3) is 0 Å². The van der Waals surface area contributed by atoms with Gasteiger partial charge in [-0.1, -0.05) is 26.2 Å². The van der Waals surface area contributed by atoms with Crippen molar-refractivity contribution in [1.29, 1.82) is 0 Å². The van der Waals surface area contributed by atoms with Gasteiger partial charge >= 0.3 is 0 Å². The van der Waals surface area contributed by atoms with Crippen LogP contribution in [0.2, 0.25) is 0 Å². The van der Waals surface area contributed by atoms with E-state index in [9.17, 15) is 0 Å². The molecule has 1 saturated carbocycles. The Morgan fingerprint density at radius 2 is 1.95 bits per heavy atom. The number of rotatable bonds is 5. The molecule has 1 fully saturated rings. The lowest BCUT2D eigenvalue weighted by Crippen LogP contribution is -2.37. The Labute approximate surface area is 127 Å². The van der Waals surface area contributed by atoms with E-state index < -0.39 is 0 Å². The molecule has 20 heavy (non-hydrogen) atoms. The van der Waals surface area contributed by atoms with E-state index in [1.165, 1.54) is 48.1 Å². The number of thioether (sulfide) groups is 1. The average Bonchev–Trinajstić information content (AvgIpc) is 2.54. The van der Waals surface area contributed by atoms with Crippen molar-refractivity contribution >= 4 is 11.8 Å². The topological polar surface area (TPSA) is 35.2 Å². The molecule has 1 aliphatic carbocycles. The standard InChI is InChI=1S/C17H27NOS/c1-4-13-10-15(19-2)14(11-16(13)20-3)17(12-18)8-6-5-7-9-17/h10-11H,4-9,12,18H2,1-3H3. The fraction of sp³-hybridized carbons (Fsp3) is 0.647. The maximum Gasteiger partial charge on any atom is 0.123 e. The Kier molecular flexibility index (Phi) is 5.39. The van der Waals surface area contributed by atoms with E-state index in [2.05, 4.69) is 25.3 Å². The summed E-state index contributed by atoms with van der Waals surface area (Å²) in [4.78, 5) is 1.38. The molecule has 1 aromatic carbocycles. The van der Waals surface area contributed by atoms with Crippen LogP contribution in [-0.4, -0.2) is 19.9 Å². The molecule has 2 rings (SSSR count). The molecule has 2 nitrogen and oxygen atoms in total. The first-order valence-corrected chi connectivity index (χ1v) is 8.88. The van der Waals surface area contributed by atoms with E-state index in [-0.39, 0.29) is 5.41 Å². The van der Waals surface area contributed by atoms with E-state index in [4.69, 9.17) is 10.5 Å². The Morgan fingerprint density at radius 1 is 1.25 bits per heavy atom. The second-order valence-electron chi connectivity index (χ2n) is 5.76. The maximum absolute atomic E-state index is 6.19. The van der Waals surface area contributed by atoms with Gasteiger partial charge in [0.2, 0.25) is 0 Å². The third-order valence-electron chi connectivity index (χ3n) is 4.76. The first kappa shape index (κ1) is 15.7. The van der Waals surface area contributed by atoms with Crippen molar-refractivity contribution in [3.63, 3.8) is 0 Å². The van der Waals surface area contributed by atoms with Crippen molar-refractivity contribution < 1.29 is 4.74 Å². The number of hydrogen-bond donors (Lipinski definition) is 1. The lowest BCUT2D eigenvalue weighted by Gasteiger charge is -2.38. The zero-order valence-electron chi connectivity index (χ0n) is 13.0. The minimum absolute atomic E-state index is 0.125. The average molecular weight is 293 g/mol. The molecular formula is C17H27NOS. The molecule has 0 amide bonds. The number of benzene rings is 1. The van der Waals surface area contributed by atoms with E-state index in [0.29, 0.717) is 0 Å². The van der Waals surface area contributed by atoms with Crippen LogP contribution < -0.4 is 10.5 Å². The van der Waals surface area contributed by atoms with E-state index in [1.807, 2.05) is 11.8 Å². The number of ether oxygens (including phenoxy) is 1. The first-order valence-electron chi connectivity index (χ1n) is 7.66. The zero-order valence-corrected chi connectivity index (χ0v) is 13.8. The number of nitrogens with two attached hydrogens (primary N) is 1. The Hall–Kier alpha value is -0.670. The molecule has 0 unspecified atom stereocenters. The van der Waals surface area contributed by atoms with Crippen LogP contribution in [0.15, 0.2) is 17.0 Å². The molecule has 112 valence electrons. The van der Waals surface area contributed by atoms with Gasteiger partial charge in [0.15, 0.2) is 0 Å². The van der Waals surface area contributed by atoms with Crippen LogP contribution in [0.5, 0.6) is 5.75 Å². The molecule has 0 spiro atoms. The molecule has 3 heteroatoms. The Morgan fingerprint density at radius 3 is 2.45 bits per heavy atom. The summed E-state index contributed by atoms with van der Waals surface area (Å²) in [5, 5.41) is 0. The van der Waals surface area contributed by atoms with Gasteiger partial charge in [-0.25, -0.2) is 0 Å². The number of methoxy groups -OCH3 is 1. The van der Waals surface area contributed by atoms with Gasteiger partial charge in [-0.3, -0.25) is 0 Å². The highest BCUT2D eigenvalue weighted by molar-refractivity contribution is 7.98. The molecule has 0 heterocycles. The summed E-state index contributed by atoms with van der Waals surface area (Å²) in [6.45, 7) is 2.93. The van der Waals surface area contributed by atoms with E-state index in [1.54, 1.807) is 7.11 Å². The minimum Gasteiger partial charge on any atom is -0.496 e. The lowest BCUT2D eigenvalue weighted by molar-refractivity contribution is 0.287. The maximum atomic E-state index is 6.19. The third-order valence-corrected chi connectivity index (χ3v) is 5.58. The second-order valence-corrected chi connectivity index (χ2v) is 6.61. The second kappa shape index (κ2) is 6.86. The van der Waals surface area contributed by atoms with Crippen LogP contribution >= 0.6 is 11.8 Å². The van der Waals surface area contributed by atoms with Crippen LogP contribution in [0.25, 0.3) is 0 Å². The van der Waals surface area contributed by atoms with Crippen molar-refractivity contribution in [3.05, 3.63) is 23.3 Å². The van der Waals surface area contributed by atoms with Crippen LogP contribution in [0.1, 0.15) is 50.2 Å². The smallest absolute Gasteiger partial charge is 0.123 e. The predicted octanol–water partition coefficient (Wildman–Crippen LogP) is 4.14.